The second-order valence-electron chi connectivity index (χ2n) is 7.32. The summed E-state index contributed by atoms with van der Waals surface area (Å²) in [4.78, 5) is 8.93. The molecule has 2 aromatic heterocycles. The molecule has 2 aliphatic carbocycles. The van der Waals surface area contributed by atoms with E-state index in [1.807, 2.05) is 18.5 Å². The Bertz CT molecular complexity index is 646. The van der Waals surface area contributed by atoms with Crippen LogP contribution >= 0.6 is 0 Å². The summed E-state index contributed by atoms with van der Waals surface area (Å²) in [5.74, 6) is 2.77. The van der Waals surface area contributed by atoms with Crippen LogP contribution in [0.3, 0.4) is 0 Å². The third kappa shape index (κ3) is 3.51. The first-order chi connectivity index (χ1) is 11.8. The van der Waals surface area contributed by atoms with Gasteiger partial charge < -0.3 is 4.52 Å². The highest BCUT2D eigenvalue weighted by Gasteiger charge is 2.31. The summed E-state index contributed by atoms with van der Waals surface area (Å²) in [6, 6.07) is 4.55. The third-order valence-electron chi connectivity index (χ3n) is 5.36. The molecule has 2 atom stereocenters. The number of pyridine rings is 1. The molecule has 0 unspecified atom stereocenters. The molecule has 4 rings (SSSR count). The third-order valence-corrected chi connectivity index (χ3v) is 5.36. The van der Waals surface area contributed by atoms with Crippen molar-refractivity contribution < 1.29 is 4.52 Å². The molecule has 128 valence electrons. The highest BCUT2D eigenvalue weighted by Crippen LogP contribution is 2.39. The molecule has 0 aliphatic heterocycles. The predicted octanol–water partition coefficient (Wildman–Crippen LogP) is 4.31. The van der Waals surface area contributed by atoms with E-state index in [0.29, 0.717) is 23.8 Å². The predicted molar refractivity (Wildman–Crippen MR) is 91.4 cm³/mol. The summed E-state index contributed by atoms with van der Waals surface area (Å²) in [5.41, 5.74) is 1.26. The van der Waals surface area contributed by atoms with Gasteiger partial charge in [0.25, 0.3) is 0 Å². The minimum Gasteiger partial charge on any atom is -0.338 e. The molecule has 2 saturated carbocycles. The van der Waals surface area contributed by atoms with Crippen molar-refractivity contribution in [3.05, 3.63) is 41.8 Å². The van der Waals surface area contributed by atoms with Crippen molar-refractivity contribution in [1.29, 1.82) is 0 Å². The lowest BCUT2D eigenvalue weighted by Gasteiger charge is -2.32. The fourth-order valence-electron chi connectivity index (χ4n) is 3.80. The Morgan fingerprint density at radius 2 is 2.00 bits per heavy atom. The lowest BCUT2D eigenvalue weighted by Crippen LogP contribution is -2.32. The molecular weight excluding hydrogens is 300 g/mol. The minimum absolute atomic E-state index is 0.0529. The molecule has 0 amide bonds. The Hall–Kier alpha value is -1.75. The number of rotatable bonds is 6. The average Bonchev–Trinajstić information content (AvgIpc) is 3.38. The van der Waals surface area contributed by atoms with Gasteiger partial charge in [-0.1, -0.05) is 30.5 Å². The van der Waals surface area contributed by atoms with Crippen LogP contribution in [-0.4, -0.2) is 15.1 Å². The quantitative estimate of drug-likeness (QED) is 0.856. The fraction of sp³-hybridized carbons (Fsp3) is 0.632. The number of nitrogens with zero attached hydrogens (tertiary/aromatic N) is 3. The maximum absolute atomic E-state index is 5.51. The zero-order valence-electron chi connectivity index (χ0n) is 14.3. The van der Waals surface area contributed by atoms with E-state index in [2.05, 4.69) is 33.4 Å². The van der Waals surface area contributed by atoms with Gasteiger partial charge in [-0.25, -0.2) is 0 Å². The van der Waals surface area contributed by atoms with E-state index in [9.17, 15) is 0 Å². The van der Waals surface area contributed by atoms with Crippen LogP contribution in [0.5, 0.6) is 0 Å². The van der Waals surface area contributed by atoms with Crippen LogP contribution in [-0.2, 0) is 0 Å². The van der Waals surface area contributed by atoms with Crippen LogP contribution < -0.4 is 5.32 Å². The number of aromatic nitrogens is 3. The Balaban J connectivity index is 1.51. The van der Waals surface area contributed by atoms with Crippen LogP contribution in [0, 0.1) is 5.92 Å². The molecule has 5 nitrogen and oxygen atoms in total. The van der Waals surface area contributed by atoms with Gasteiger partial charge in [-0.15, -0.1) is 0 Å². The summed E-state index contributed by atoms with van der Waals surface area (Å²) < 4.78 is 5.51. The van der Waals surface area contributed by atoms with E-state index < -0.39 is 0 Å². The first kappa shape index (κ1) is 15.8. The van der Waals surface area contributed by atoms with Gasteiger partial charge >= 0.3 is 0 Å². The number of hydrogen-bond acceptors (Lipinski definition) is 5. The molecule has 24 heavy (non-hydrogen) atoms. The van der Waals surface area contributed by atoms with E-state index >= 15 is 0 Å². The standard InChI is InChI=1S/C19H26N4O/c1-13(19-22-18(23-24-19)15-9-10-15)21-17(14-6-3-2-4-7-14)16-8-5-11-20-12-16/h5,8,11-15,17,21H,2-4,6-7,9-10H2,1H3/t13-,17-/m1/s1. The van der Waals surface area contributed by atoms with Gasteiger partial charge in [0.1, 0.15) is 0 Å². The Kier molecular flexibility index (Phi) is 4.60. The van der Waals surface area contributed by atoms with Crippen LogP contribution in [0.4, 0.5) is 0 Å². The van der Waals surface area contributed by atoms with E-state index in [0.717, 1.165) is 5.82 Å². The minimum atomic E-state index is 0.0529. The van der Waals surface area contributed by atoms with Gasteiger partial charge in [0.15, 0.2) is 5.82 Å². The second kappa shape index (κ2) is 7.01. The van der Waals surface area contributed by atoms with Gasteiger partial charge in [-0.3, -0.25) is 10.3 Å². The van der Waals surface area contributed by atoms with Crippen LogP contribution in [0.15, 0.2) is 29.0 Å². The van der Waals surface area contributed by atoms with Gasteiger partial charge in [0.2, 0.25) is 5.89 Å². The molecule has 5 heteroatoms. The first-order valence-corrected chi connectivity index (χ1v) is 9.30. The highest BCUT2D eigenvalue weighted by molar-refractivity contribution is 5.16. The smallest absolute Gasteiger partial charge is 0.243 e. The molecule has 2 heterocycles. The van der Waals surface area contributed by atoms with Gasteiger partial charge in [-0.05, 0) is 50.2 Å². The van der Waals surface area contributed by atoms with Gasteiger partial charge in [0, 0.05) is 24.4 Å². The molecule has 1 N–H and O–H groups in total. The maximum atomic E-state index is 5.51. The zero-order chi connectivity index (χ0) is 16.4. The summed E-state index contributed by atoms with van der Waals surface area (Å²) in [6.07, 6.45) is 12.8. The van der Waals surface area contributed by atoms with Crippen LogP contribution in [0.1, 0.15) is 87.1 Å². The second-order valence-corrected chi connectivity index (χ2v) is 7.32. The van der Waals surface area contributed by atoms with E-state index in [-0.39, 0.29) is 6.04 Å². The van der Waals surface area contributed by atoms with Crippen molar-refractivity contribution in [3.63, 3.8) is 0 Å². The van der Waals surface area contributed by atoms with Crippen molar-refractivity contribution >= 4 is 0 Å². The topological polar surface area (TPSA) is 63.8 Å². The molecule has 2 aromatic rings. The lowest BCUT2D eigenvalue weighted by molar-refractivity contribution is 0.239. The first-order valence-electron chi connectivity index (χ1n) is 9.30. The highest BCUT2D eigenvalue weighted by atomic mass is 16.5. The fourth-order valence-corrected chi connectivity index (χ4v) is 3.80. The molecule has 0 aromatic carbocycles. The van der Waals surface area contributed by atoms with E-state index in [4.69, 9.17) is 4.52 Å². The maximum Gasteiger partial charge on any atom is 0.243 e. The monoisotopic (exact) mass is 326 g/mol. The molecule has 0 spiro atoms. The average molecular weight is 326 g/mol. The molecular formula is C19H26N4O. The SMILES string of the molecule is C[C@@H](N[C@@H](c1cccnc1)C1CCCCC1)c1nc(C2CC2)no1. The summed E-state index contributed by atoms with van der Waals surface area (Å²) in [5, 5.41) is 7.91. The van der Waals surface area contributed by atoms with Crippen LogP contribution in [0.25, 0.3) is 0 Å². The molecule has 0 bridgehead atoms. The summed E-state index contributed by atoms with van der Waals surface area (Å²) in [6.45, 7) is 2.12. The normalized spacial score (nSPS) is 21.5. The van der Waals surface area contributed by atoms with E-state index in [1.165, 1.54) is 50.5 Å². The van der Waals surface area contributed by atoms with E-state index in [1.54, 1.807) is 0 Å². The number of nitrogens with one attached hydrogen (secondary N) is 1. The van der Waals surface area contributed by atoms with Crippen molar-refractivity contribution in [2.24, 2.45) is 5.92 Å². The van der Waals surface area contributed by atoms with Crippen molar-refractivity contribution in [2.75, 3.05) is 0 Å². The Morgan fingerprint density at radius 1 is 1.17 bits per heavy atom. The Morgan fingerprint density at radius 3 is 2.71 bits per heavy atom. The summed E-state index contributed by atoms with van der Waals surface area (Å²) >= 11 is 0. The molecule has 0 saturated heterocycles. The van der Waals surface area contributed by atoms with Gasteiger partial charge in [-0.2, -0.15) is 4.98 Å². The van der Waals surface area contributed by atoms with Crippen molar-refractivity contribution in [2.45, 2.75) is 69.9 Å². The molecule has 0 radical (unpaired) electrons. The molecule has 2 fully saturated rings. The van der Waals surface area contributed by atoms with Crippen molar-refractivity contribution in [1.82, 2.24) is 20.4 Å². The zero-order valence-corrected chi connectivity index (χ0v) is 14.3. The molecule has 2 aliphatic rings. The lowest BCUT2D eigenvalue weighted by atomic mass is 9.81. The summed E-state index contributed by atoms with van der Waals surface area (Å²) in [7, 11) is 0. The largest absolute Gasteiger partial charge is 0.338 e. The van der Waals surface area contributed by atoms with Crippen molar-refractivity contribution in [3.8, 4) is 0 Å². The number of hydrogen-bond donors (Lipinski definition) is 1. The Labute approximate surface area is 143 Å². The van der Waals surface area contributed by atoms with Crippen LogP contribution in [0.2, 0.25) is 0 Å². The van der Waals surface area contributed by atoms with Gasteiger partial charge in [0.05, 0.1) is 6.04 Å².